The lowest BCUT2D eigenvalue weighted by atomic mass is 10.1. The number of hydrogen-bond donors (Lipinski definition) is 1. The minimum atomic E-state index is 0.340. The molecule has 3 nitrogen and oxygen atoms in total. The van der Waals surface area contributed by atoms with Gasteiger partial charge in [0.1, 0.15) is 0 Å². The second-order valence-electron chi connectivity index (χ2n) is 4.44. The van der Waals surface area contributed by atoms with Crippen LogP contribution in [-0.2, 0) is 11.3 Å². The Morgan fingerprint density at radius 3 is 3.06 bits per heavy atom. The van der Waals surface area contributed by atoms with Gasteiger partial charge in [0.2, 0.25) is 0 Å². The molecule has 1 heterocycles. The van der Waals surface area contributed by atoms with E-state index in [1.165, 1.54) is 0 Å². The highest BCUT2D eigenvalue weighted by Crippen LogP contribution is 2.24. The predicted molar refractivity (Wildman–Crippen MR) is 71.2 cm³/mol. The number of nitrogens with two attached hydrogens (primary N) is 1. The van der Waals surface area contributed by atoms with Gasteiger partial charge in [-0.3, -0.25) is 4.90 Å². The van der Waals surface area contributed by atoms with E-state index in [9.17, 15) is 0 Å². The third kappa shape index (κ3) is 3.12. The fraction of sp³-hybridized carbons (Fsp3) is 0.538. The summed E-state index contributed by atoms with van der Waals surface area (Å²) in [4.78, 5) is 2.36. The van der Waals surface area contributed by atoms with E-state index in [1.807, 2.05) is 18.2 Å². The highest BCUT2D eigenvalue weighted by atomic mass is 35.5. The van der Waals surface area contributed by atoms with Crippen molar-refractivity contribution in [3.63, 3.8) is 0 Å². The zero-order chi connectivity index (χ0) is 12.3. The fourth-order valence-electron chi connectivity index (χ4n) is 2.14. The van der Waals surface area contributed by atoms with Crippen LogP contribution in [0.3, 0.4) is 0 Å². The van der Waals surface area contributed by atoms with E-state index in [0.717, 1.165) is 48.9 Å². The number of anilines is 1. The number of nitrogen functional groups attached to an aromatic ring is 1. The van der Waals surface area contributed by atoms with Crippen LogP contribution in [0.1, 0.15) is 18.9 Å². The molecule has 1 aromatic rings. The Kier molecular flexibility index (Phi) is 4.26. The Labute approximate surface area is 107 Å². The highest BCUT2D eigenvalue weighted by Gasteiger charge is 2.20. The number of morpholine rings is 1. The summed E-state index contributed by atoms with van der Waals surface area (Å²) in [6.07, 6.45) is 1.39. The van der Waals surface area contributed by atoms with Crippen molar-refractivity contribution in [1.29, 1.82) is 0 Å². The Morgan fingerprint density at radius 2 is 2.35 bits per heavy atom. The van der Waals surface area contributed by atoms with Crippen molar-refractivity contribution in [2.75, 3.05) is 25.4 Å². The Hall–Kier alpha value is -0.770. The molecule has 1 saturated heterocycles. The summed E-state index contributed by atoms with van der Waals surface area (Å²) in [6.45, 7) is 5.66. The van der Waals surface area contributed by atoms with Gasteiger partial charge >= 0.3 is 0 Å². The van der Waals surface area contributed by atoms with E-state index in [2.05, 4.69) is 11.8 Å². The molecule has 17 heavy (non-hydrogen) atoms. The van der Waals surface area contributed by atoms with Crippen molar-refractivity contribution >= 4 is 17.3 Å². The van der Waals surface area contributed by atoms with E-state index in [0.29, 0.717) is 6.10 Å². The van der Waals surface area contributed by atoms with Gasteiger partial charge in [0.25, 0.3) is 0 Å². The lowest BCUT2D eigenvalue weighted by molar-refractivity contribution is -0.0324. The Bertz CT molecular complexity index is 363. The summed E-state index contributed by atoms with van der Waals surface area (Å²) in [5, 5.41) is 0.754. The van der Waals surface area contributed by atoms with Gasteiger partial charge in [-0.2, -0.15) is 0 Å². The first-order valence-electron chi connectivity index (χ1n) is 6.07. The van der Waals surface area contributed by atoms with Crippen LogP contribution < -0.4 is 5.73 Å². The molecule has 0 aliphatic carbocycles. The minimum Gasteiger partial charge on any atom is -0.398 e. The topological polar surface area (TPSA) is 38.5 Å². The van der Waals surface area contributed by atoms with Crippen LogP contribution in [0.4, 0.5) is 5.69 Å². The maximum atomic E-state index is 6.18. The molecule has 1 fully saturated rings. The maximum Gasteiger partial charge on any atom is 0.0700 e. The van der Waals surface area contributed by atoms with Gasteiger partial charge in [-0.1, -0.05) is 24.6 Å². The van der Waals surface area contributed by atoms with Crippen molar-refractivity contribution in [3.8, 4) is 0 Å². The van der Waals surface area contributed by atoms with Crippen molar-refractivity contribution in [3.05, 3.63) is 28.8 Å². The molecule has 1 aliphatic rings. The largest absolute Gasteiger partial charge is 0.398 e. The molecule has 0 amide bonds. The number of hydrogen-bond acceptors (Lipinski definition) is 3. The number of halogens is 1. The molecule has 4 heteroatoms. The molecule has 0 aromatic heterocycles. The average molecular weight is 255 g/mol. The Balaban J connectivity index is 2.05. The average Bonchev–Trinajstić information content (AvgIpc) is 2.34. The van der Waals surface area contributed by atoms with Crippen LogP contribution in [0.2, 0.25) is 5.02 Å². The number of nitrogens with zero attached hydrogens (tertiary/aromatic N) is 1. The first-order chi connectivity index (χ1) is 8.20. The molecule has 94 valence electrons. The summed E-state index contributed by atoms with van der Waals surface area (Å²) in [6, 6.07) is 5.68. The number of benzene rings is 1. The van der Waals surface area contributed by atoms with Crippen LogP contribution in [-0.4, -0.2) is 30.7 Å². The third-order valence-corrected chi connectivity index (χ3v) is 3.57. The van der Waals surface area contributed by atoms with Crippen LogP contribution >= 0.6 is 11.6 Å². The Morgan fingerprint density at radius 1 is 1.53 bits per heavy atom. The summed E-state index contributed by atoms with van der Waals surface area (Å²) in [5.41, 5.74) is 7.77. The highest BCUT2D eigenvalue weighted by molar-refractivity contribution is 6.31. The minimum absolute atomic E-state index is 0.340. The van der Waals surface area contributed by atoms with E-state index >= 15 is 0 Å². The first-order valence-corrected chi connectivity index (χ1v) is 6.45. The molecular weight excluding hydrogens is 236 g/mol. The van der Waals surface area contributed by atoms with Crippen LogP contribution in [0.25, 0.3) is 0 Å². The molecule has 0 saturated carbocycles. The van der Waals surface area contributed by atoms with Crippen LogP contribution in [0.15, 0.2) is 18.2 Å². The molecule has 0 bridgehead atoms. The smallest absolute Gasteiger partial charge is 0.0700 e. The molecule has 2 N–H and O–H groups in total. The molecule has 1 unspecified atom stereocenters. The van der Waals surface area contributed by atoms with Gasteiger partial charge in [0.05, 0.1) is 12.7 Å². The lowest BCUT2D eigenvalue weighted by Gasteiger charge is -2.32. The van der Waals surface area contributed by atoms with Crippen molar-refractivity contribution in [2.24, 2.45) is 0 Å². The first kappa shape index (κ1) is 12.7. The van der Waals surface area contributed by atoms with Gasteiger partial charge in [-0.15, -0.1) is 0 Å². The number of rotatable bonds is 3. The van der Waals surface area contributed by atoms with Crippen molar-refractivity contribution in [1.82, 2.24) is 4.90 Å². The maximum absolute atomic E-state index is 6.18. The summed E-state index contributed by atoms with van der Waals surface area (Å²) in [5.74, 6) is 0. The summed E-state index contributed by atoms with van der Waals surface area (Å²) < 4.78 is 5.65. The van der Waals surface area contributed by atoms with Crippen LogP contribution in [0, 0.1) is 0 Å². The fourth-order valence-corrected chi connectivity index (χ4v) is 2.38. The zero-order valence-corrected chi connectivity index (χ0v) is 10.9. The molecule has 0 spiro atoms. The molecule has 1 aliphatic heterocycles. The second-order valence-corrected chi connectivity index (χ2v) is 4.85. The molecule has 1 aromatic carbocycles. The molecule has 0 radical (unpaired) electrons. The third-order valence-electron chi connectivity index (χ3n) is 3.22. The quantitative estimate of drug-likeness (QED) is 0.843. The molecule has 2 rings (SSSR count). The van der Waals surface area contributed by atoms with Gasteiger partial charge in [0, 0.05) is 35.9 Å². The van der Waals surface area contributed by atoms with Gasteiger partial charge < -0.3 is 10.5 Å². The van der Waals surface area contributed by atoms with Crippen molar-refractivity contribution < 1.29 is 4.74 Å². The SMILES string of the molecule is CCC1CN(Cc2c(N)cccc2Cl)CCO1. The lowest BCUT2D eigenvalue weighted by Crippen LogP contribution is -2.41. The van der Waals surface area contributed by atoms with Crippen molar-refractivity contribution in [2.45, 2.75) is 26.0 Å². The predicted octanol–water partition coefficient (Wildman–Crippen LogP) is 2.53. The normalized spacial score (nSPS) is 21.6. The molecular formula is C13H19ClN2O. The van der Waals surface area contributed by atoms with E-state index in [1.54, 1.807) is 0 Å². The number of ether oxygens (including phenoxy) is 1. The van der Waals surface area contributed by atoms with Gasteiger partial charge in [0.15, 0.2) is 0 Å². The van der Waals surface area contributed by atoms with E-state index in [4.69, 9.17) is 22.1 Å². The second kappa shape index (κ2) is 5.71. The van der Waals surface area contributed by atoms with E-state index in [-0.39, 0.29) is 0 Å². The monoisotopic (exact) mass is 254 g/mol. The van der Waals surface area contributed by atoms with Gasteiger partial charge in [-0.25, -0.2) is 0 Å². The molecule has 1 atom stereocenters. The van der Waals surface area contributed by atoms with Crippen LogP contribution in [0.5, 0.6) is 0 Å². The van der Waals surface area contributed by atoms with Gasteiger partial charge in [-0.05, 0) is 18.6 Å². The standard InChI is InChI=1S/C13H19ClN2O/c1-2-10-8-16(6-7-17-10)9-11-12(14)4-3-5-13(11)15/h3-5,10H,2,6-9,15H2,1H3. The van der Waals surface area contributed by atoms with E-state index < -0.39 is 0 Å². The zero-order valence-electron chi connectivity index (χ0n) is 10.2. The summed E-state index contributed by atoms with van der Waals surface area (Å²) >= 11 is 6.18. The summed E-state index contributed by atoms with van der Waals surface area (Å²) in [7, 11) is 0.